The zero-order valence-electron chi connectivity index (χ0n) is 18.9. The predicted octanol–water partition coefficient (Wildman–Crippen LogP) is 3.96. The number of ether oxygens (including phenoxy) is 1. The van der Waals surface area contributed by atoms with Gasteiger partial charge in [-0.05, 0) is 29.2 Å². The molecule has 2 aromatic rings. The second-order valence-corrected chi connectivity index (χ2v) is 8.24. The fraction of sp³-hybridized carbons (Fsp3) is 0.400. The van der Waals surface area contributed by atoms with Gasteiger partial charge in [-0.1, -0.05) is 42.5 Å². The highest BCUT2D eigenvalue weighted by atomic mass is 19.4. The zero-order valence-corrected chi connectivity index (χ0v) is 18.9. The lowest BCUT2D eigenvalue weighted by molar-refractivity contribution is -0.158. The van der Waals surface area contributed by atoms with E-state index in [1.165, 1.54) is 19.2 Å². The number of Topliss-reactive ketones (excluding diaryl/α,β-unsaturated/α-hetero) is 1. The van der Waals surface area contributed by atoms with Crippen molar-refractivity contribution in [3.8, 4) is 0 Å². The second kappa shape index (κ2) is 11.3. The number of ketones is 1. The van der Waals surface area contributed by atoms with Gasteiger partial charge in [0, 0.05) is 32.4 Å². The standard InChI is InChI=1S/C25H27F3N2O4/c1-34-24(33)16-18-7-9-19(10-8-18)17-30-23(32)6-3-12-29(30)13-11-22(31)15-20-4-2-5-21(14-20)25(26,27)28/h2,4-5,7-10,14H,3,6,11-13,15-17H2,1H3. The molecule has 0 N–H and O–H groups in total. The number of esters is 1. The van der Waals surface area contributed by atoms with E-state index in [2.05, 4.69) is 4.74 Å². The number of hydrogen-bond acceptors (Lipinski definition) is 5. The number of hydrazine groups is 1. The molecule has 9 heteroatoms. The molecule has 1 saturated heterocycles. The van der Waals surface area contributed by atoms with Crippen molar-refractivity contribution in [3.63, 3.8) is 0 Å². The van der Waals surface area contributed by atoms with Gasteiger partial charge in [0.1, 0.15) is 5.78 Å². The molecule has 0 unspecified atom stereocenters. The van der Waals surface area contributed by atoms with Gasteiger partial charge in [0.05, 0.1) is 25.6 Å². The molecule has 0 saturated carbocycles. The van der Waals surface area contributed by atoms with Gasteiger partial charge in [0.2, 0.25) is 5.91 Å². The van der Waals surface area contributed by atoms with Crippen LogP contribution in [0.4, 0.5) is 13.2 Å². The first-order valence-corrected chi connectivity index (χ1v) is 11.0. The van der Waals surface area contributed by atoms with E-state index in [0.29, 0.717) is 38.0 Å². The van der Waals surface area contributed by atoms with E-state index in [0.717, 1.165) is 23.3 Å². The summed E-state index contributed by atoms with van der Waals surface area (Å²) in [4.78, 5) is 36.4. The summed E-state index contributed by atoms with van der Waals surface area (Å²) in [5.41, 5.74) is 1.23. The minimum Gasteiger partial charge on any atom is -0.469 e. The van der Waals surface area contributed by atoms with Gasteiger partial charge >= 0.3 is 12.1 Å². The fourth-order valence-corrected chi connectivity index (χ4v) is 3.84. The molecule has 34 heavy (non-hydrogen) atoms. The van der Waals surface area contributed by atoms with Gasteiger partial charge in [-0.25, -0.2) is 5.01 Å². The van der Waals surface area contributed by atoms with Gasteiger partial charge in [0.25, 0.3) is 0 Å². The lowest BCUT2D eigenvalue weighted by atomic mass is 10.0. The van der Waals surface area contributed by atoms with E-state index >= 15 is 0 Å². The highest BCUT2D eigenvalue weighted by Crippen LogP contribution is 2.29. The van der Waals surface area contributed by atoms with Crippen LogP contribution in [0.1, 0.15) is 41.5 Å². The molecule has 6 nitrogen and oxygen atoms in total. The third kappa shape index (κ3) is 7.15. The maximum Gasteiger partial charge on any atom is 0.416 e. The number of alkyl halides is 3. The van der Waals surface area contributed by atoms with Crippen LogP contribution in [-0.2, 0) is 44.7 Å². The predicted molar refractivity (Wildman–Crippen MR) is 118 cm³/mol. The Labute approximate surface area is 196 Å². The summed E-state index contributed by atoms with van der Waals surface area (Å²) < 4.78 is 43.4. The maximum absolute atomic E-state index is 12.9. The highest BCUT2D eigenvalue weighted by molar-refractivity contribution is 5.81. The van der Waals surface area contributed by atoms with Crippen molar-refractivity contribution in [2.75, 3.05) is 20.2 Å². The monoisotopic (exact) mass is 476 g/mol. The largest absolute Gasteiger partial charge is 0.469 e. The number of methoxy groups -OCH3 is 1. The number of carbonyl (C=O) groups excluding carboxylic acids is 3. The molecule has 0 spiro atoms. The van der Waals surface area contributed by atoms with Gasteiger partial charge < -0.3 is 4.74 Å². The molecule has 0 radical (unpaired) electrons. The molecule has 182 valence electrons. The van der Waals surface area contributed by atoms with Crippen LogP contribution >= 0.6 is 0 Å². The molecule has 3 rings (SSSR count). The molecule has 2 aromatic carbocycles. The Balaban J connectivity index is 1.58. The van der Waals surface area contributed by atoms with Crippen molar-refractivity contribution in [2.45, 2.75) is 44.8 Å². The van der Waals surface area contributed by atoms with Crippen molar-refractivity contribution < 1.29 is 32.3 Å². The van der Waals surface area contributed by atoms with Gasteiger partial charge in [-0.3, -0.25) is 19.4 Å². The Morgan fingerprint density at radius 2 is 1.71 bits per heavy atom. The molecule has 1 amide bonds. The minimum absolute atomic E-state index is 0.0461. The van der Waals surface area contributed by atoms with Crippen LogP contribution in [0.3, 0.4) is 0 Å². The molecule has 1 aliphatic rings. The molecule has 1 fully saturated rings. The van der Waals surface area contributed by atoms with Crippen LogP contribution in [0.15, 0.2) is 48.5 Å². The number of hydrogen-bond donors (Lipinski definition) is 0. The highest BCUT2D eigenvalue weighted by Gasteiger charge is 2.30. The van der Waals surface area contributed by atoms with Crippen LogP contribution in [0.25, 0.3) is 0 Å². The minimum atomic E-state index is -4.45. The Morgan fingerprint density at radius 3 is 2.38 bits per heavy atom. The average molecular weight is 476 g/mol. The Hall–Kier alpha value is -3.20. The second-order valence-electron chi connectivity index (χ2n) is 8.24. The fourth-order valence-electron chi connectivity index (χ4n) is 3.84. The quantitative estimate of drug-likeness (QED) is 0.513. The van der Waals surface area contributed by atoms with Crippen molar-refractivity contribution >= 4 is 17.7 Å². The van der Waals surface area contributed by atoms with Gasteiger partial charge in [-0.15, -0.1) is 0 Å². The summed E-state index contributed by atoms with van der Waals surface area (Å²) in [5, 5.41) is 3.45. The molecule has 0 bridgehead atoms. The van der Waals surface area contributed by atoms with Crippen molar-refractivity contribution in [2.24, 2.45) is 0 Å². The van der Waals surface area contributed by atoms with E-state index in [4.69, 9.17) is 0 Å². The van der Waals surface area contributed by atoms with Crippen LogP contribution < -0.4 is 0 Å². The Morgan fingerprint density at radius 1 is 1.00 bits per heavy atom. The maximum atomic E-state index is 12.9. The summed E-state index contributed by atoms with van der Waals surface area (Å²) in [7, 11) is 1.33. The third-order valence-electron chi connectivity index (χ3n) is 5.67. The molecule has 0 aliphatic carbocycles. The van der Waals surface area contributed by atoms with Crippen LogP contribution in [0.5, 0.6) is 0 Å². The Kier molecular flexibility index (Phi) is 8.44. The van der Waals surface area contributed by atoms with Gasteiger partial charge in [-0.2, -0.15) is 13.2 Å². The topological polar surface area (TPSA) is 66.9 Å². The van der Waals surface area contributed by atoms with Crippen molar-refractivity contribution in [3.05, 3.63) is 70.8 Å². The lowest BCUT2D eigenvalue weighted by Crippen LogP contribution is -2.50. The van der Waals surface area contributed by atoms with E-state index in [-0.39, 0.29) is 36.9 Å². The number of nitrogens with zero attached hydrogens (tertiary/aromatic N) is 2. The first kappa shape index (κ1) is 25.4. The number of halogens is 3. The van der Waals surface area contributed by atoms with Crippen LogP contribution in [0.2, 0.25) is 0 Å². The molecular formula is C25H27F3N2O4. The lowest BCUT2D eigenvalue weighted by Gasteiger charge is -2.38. The van der Waals surface area contributed by atoms with E-state index in [1.54, 1.807) is 5.01 Å². The molecule has 1 aliphatic heterocycles. The summed E-state index contributed by atoms with van der Waals surface area (Å²) in [6, 6.07) is 12.1. The molecule has 0 atom stereocenters. The first-order valence-electron chi connectivity index (χ1n) is 11.0. The zero-order chi connectivity index (χ0) is 24.7. The van der Waals surface area contributed by atoms with Gasteiger partial charge in [0.15, 0.2) is 0 Å². The summed E-state index contributed by atoms with van der Waals surface area (Å²) in [6.07, 6.45) is -3.17. The Bertz CT molecular complexity index is 1020. The molecule has 0 aromatic heterocycles. The van der Waals surface area contributed by atoms with E-state index in [1.807, 2.05) is 29.3 Å². The smallest absolute Gasteiger partial charge is 0.416 e. The van der Waals surface area contributed by atoms with E-state index < -0.39 is 11.7 Å². The molecule has 1 heterocycles. The SMILES string of the molecule is COC(=O)Cc1ccc(CN2C(=O)CCCN2CCC(=O)Cc2cccc(C(F)(F)F)c2)cc1. The third-order valence-corrected chi connectivity index (χ3v) is 5.67. The summed E-state index contributed by atoms with van der Waals surface area (Å²) >= 11 is 0. The number of rotatable bonds is 9. The van der Waals surface area contributed by atoms with Crippen LogP contribution in [0, 0.1) is 0 Å². The van der Waals surface area contributed by atoms with Crippen molar-refractivity contribution in [1.82, 2.24) is 10.0 Å². The number of benzene rings is 2. The summed E-state index contributed by atoms with van der Waals surface area (Å²) in [6.45, 7) is 1.26. The number of amides is 1. The molecular weight excluding hydrogens is 449 g/mol. The van der Waals surface area contributed by atoms with E-state index in [9.17, 15) is 27.6 Å². The normalized spacial score (nSPS) is 14.8. The summed E-state index contributed by atoms with van der Waals surface area (Å²) in [5.74, 6) is -0.570. The average Bonchev–Trinajstić information content (AvgIpc) is 2.80. The number of carbonyl (C=O) groups is 3. The van der Waals surface area contributed by atoms with Crippen LogP contribution in [-0.4, -0.2) is 47.9 Å². The first-order chi connectivity index (χ1) is 16.2. The van der Waals surface area contributed by atoms with Crippen molar-refractivity contribution in [1.29, 1.82) is 0 Å².